The number of para-hydroxylation sites is 1. The molecule has 0 aliphatic carbocycles. The lowest BCUT2D eigenvalue weighted by atomic mass is 9.95. The number of halogens is 1. The Morgan fingerprint density at radius 3 is 3.05 bits per heavy atom. The van der Waals surface area contributed by atoms with E-state index in [1.165, 1.54) is 0 Å². The average molecular weight is 341 g/mol. The van der Waals surface area contributed by atoms with Crippen LogP contribution in [0.4, 0.5) is 0 Å². The standard InChI is InChI=1S/C15H21BrN2O2/c1-11-10-17-8-6-13(11)18-15(19)7-9-20-14-5-3-2-4-12(14)16/h2-5,11,13,17H,6-10H2,1H3,(H,18,19). The molecule has 5 heteroatoms. The van der Waals surface area contributed by atoms with Gasteiger partial charge >= 0.3 is 0 Å². The molecule has 1 heterocycles. The van der Waals surface area contributed by atoms with Gasteiger partial charge in [0.1, 0.15) is 5.75 Å². The second-order valence-electron chi connectivity index (χ2n) is 5.17. The zero-order chi connectivity index (χ0) is 14.4. The van der Waals surface area contributed by atoms with E-state index in [0.29, 0.717) is 18.9 Å². The van der Waals surface area contributed by atoms with Gasteiger partial charge in [-0.05, 0) is 53.5 Å². The molecule has 110 valence electrons. The van der Waals surface area contributed by atoms with Gasteiger partial charge in [-0.3, -0.25) is 4.79 Å². The van der Waals surface area contributed by atoms with Crippen molar-refractivity contribution in [1.29, 1.82) is 0 Å². The van der Waals surface area contributed by atoms with E-state index in [1.54, 1.807) is 0 Å². The third kappa shape index (κ3) is 4.49. The lowest BCUT2D eigenvalue weighted by Crippen LogP contribution is -2.48. The van der Waals surface area contributed by atoms with Crippen LogP contribution in [0.3, 0.4) is 0 Å². The smallest absolute Gasteiger partial charge is 0.223 e. The first-order valence-electron chi connectivity index (χ1n) is 7.04. The van der Waals surface area contributed by atoms with Crippen LogP contribution in [0.25, 0.3) is 0 Å². The molecule has 2 N–H and O–H groups in total. The number of piperidine rings is 1. The molecule has 2 atom stereocenters. The zero-order valence-corrected chi connectivity index (χ0v) is 13.3. The van der Waals surface area contributed by atoms with Crippen molar-refractivity contribution in [3.05, 3.63) is 28.7 Å². The summed E-state index contributed by atoms with van der Waals surface area (Å²) in [6, 6.07) is 7.94. The van der Waals surface area contributed by atoms with Crippen LogP contribution in [-0.2, 0) is 4.79 Å². The Balaban J connectivity index is 1.71. The van der Waals surface area contributed by atoms with Crippen molar-refractivity contribution in [2.45, 2.75) is 25.8 Å². The van der Waals surface area contributed by atoms with E-state index in [0.717, 1.165) is 29.7 Å². The van der Waals surface area contributed by atoms with Crippen molar-refractivity contribution >= 4 is 21.8 Å². The predicted molar refractivity (Wildman–Crippen MR) is 82.8 cm³/mol. The molecular formula is C15H21BrN2O2. The highest BCUT2D eigenvalue weighted by Gasteiger charge is 2.22. The molecule has 1 amide bonds. The van der Waals surface area contributed by atoms with Gasteiger partial charge in [0.05, 0.1) is 17.5 Å². The first-order chi connectivity index (χ1) is 9.66. The van der Waals surface area contributed by atoms with Crippen LogP contribution < -0.4 is 15.4 Å². The van der Waals surface area contributed by atoms with Gasteiger partial charge in [0, 0.05) is 6.04 Å². The van der Waals surface area contributed by atoms with Gasteiger partial charge < -0.3 is 15.4 Å². The number of rotatable bonds is 5. The minimum atomic E-state index is 0.0656. The summed E-state index contributed by atoms with van der Waals surface area (Å²) in [4.78, 5) is 11.9. The second-order valence-corrected chi connectivity index (χ2v) is 6.03. The molecule has 0 bridgehead atoms. The zero-order valence-electron chi connectivity index (χ0n) is 11.7. The van der Waals surface area contributed by atoms with Gasteiger partial charge in [-0.2, -0.15) is 0 Å². The SMILES string of the molecule is CC1CNCCC1NC(=O)CCOc1ccccc1Br. The van der Waals surface area contributed by atoms with Gasteiger partial charge in [0.2, 0.25) is 5.91 Å². The van der Waals surface area contributed by atoms with E-state index in [4.69, 9.17) is 4.74 Å². The van der Waals surface area contributed by atoms with E-state index in [9.17, 15) is 4.79 Å². The molecule has 20 heavy (non-hydrogen) atoms. The van der Waals surface area contributed by atoms with Crippen LogP contribution >= 0.6 is 15.9 Å². The van der Waals surface area contributed by atoms with Gasteiger partial charge in [-0.15, -0.1) is 0 Å². The highest BCUT2D eigenvalue weighted by molar-refractivity contribution is 9.10. The molecule has 2 rings (SSSR count). The fourth-order valence-electron chi connectivity index (χ4n) is 2.32. The summed E-state index contributed by atoms with van der Waals surface area (Å²) in [5, 5.41) is 6.43. The van der Waals surface area contributed by atoms with Crippen molar-refractivity contribution in [1.82, 2.24) is 10.6 Å². The summed E-state index contributed by atoms with van der Waals surface area (Å²) < 4.78 is 6.51. The van der Waals surface area contributed by atoms with Crippen molar-refractivity contribution in [3.63, 3.8) is 0 Å². The minimum absolute atomic E-state index is 0.0656. The Morgan fingerprint density at radius 1 is 1.50 bits per heavy atom. The Bertz CT molecular complexity index is 453. The Hall–Kier alpha value is -1.07. The summed E-state index contributed by atoms with van der Waals surface area (Å²) in [5.74, 6) is 1.32. The lowest BCUT2D eigenvalue weighted by Gasteiger charge is -2.30. The molecular weight excluding hydrogens is 320 g/mol. The number of carbonyl (C=O) groups is 1. The molecule has 1 aromatic carbocycles. The van der Waals surface area contributed by atoms with E-state index in [1.807, 2.05) is 24.3 Å². The van der Waals surface area contributed by atoms with Crippen LogP contribution in [-0.4, -0.2) is 31.6 Å². The van der Waals surface area contributed by atoms with E-state index < -0.39 is 0 Å². The fourth-order valence-corrected chi connectivity index (χ4v) is 2.72. The minimum Gasteiger partial charge on any atom is -0.492 e. The van der Waals surface area contributed by atoms with Crippen molar-refractivity contribution in [3.8, 4) is 5.75 Å². The van der Waals surface area contributed by atoms with Crippen LogP contribution in [0.15, 0.2) is 28.7 Å². The summed E-state index contributed by atoms with van der Waals surface area (Å²) in [5.41, 5.74) is 0. The summed E-state index contributed by atoms with van der Waals surface area (Å²) >= 11 is 3.42. The molecule has 1 saturated heterocycles. The Kier molecular flexibility index (Phi) is 5.86. The van der Waals surface area contributed by atoms with Gasteiger partial charge in [0.15, 0.2) is 0 Å². The largest absolute Gasteiger partial charge is 0.492 e. The number of carbonyl (C=O) groups excluding carboxylic acids is 1. The second kappa shape index (κ2) is 7.64. The maximum absolute atomic E-state index is 11.9. The normalized spacial score (nSPS) is 22.3. The van der Waals surface area contributed by atoms with Crippen LogP contribution in [0.2, 0.25) is 0 Å². The Morgan fingerprint density at radius 2 is 2.30 bits per heavy atom. The van der Waals surface area contributed by atoms with Crippen molar-refractivity contribution < 1.29 is 9.53 Å². The number of hydrogen-bond donors (Lipinski definition) is 2. The number of nitrogens with one attached hydrogen (secondary N) is 2. The average Bonchev–Trinajstić information content (AvgIpc) is 2.43. The molecule has 0 saturated carbocycles. The van der Waals surface area contributed by atoms with Crippen LogP contribution in [0.1, 0.15) is 19.8 Å². The summed E-state index contributed by atoms with van der Waals surface area (Å²) in [7, 11) is 0. The highest BCUT2D eigenvalue weighted by Crippen LogP contribution is 2.23. The maximum atomic E-state index is 11.9. The van der Waals surface area contributed by atoms with Crippen molar-refractivity contribution in [2.24, 2.45) is 5.92 Å². The van der Waals surface area contributed by atoms with Crippen LogP contribution in [0.5, 0.6) is 5.75 Å². The van der Waals surface area contributed by atoms with E-state index in [2.05, 4.69) is 33.5 Å². The molecule has 1 aliphatic heterocycles. The monoisotopic (exact) mass is 340 g/mol. The molecule has 4 nitrogen and oxygen atoms in total. The van der Waals surface area contributed by atoms with Gasteiger partial charge in [0.25, 0.3) is 0 Å². The third-order valence-corrected chi connectivity index (χ3v) is 4.21. The van der Waals surface area contributed by atoms with E-state index >= 15 is 0 Å². The topological polar surface area (TPSA) is 50.4 Å². The quantitative estimate of drug-likeness (QED) is 0.864. The summed E-state index contributed by atoms with van der Waals surface area (Å²) in [6.07, 6.45) is 1.38. The third-order valence-electron chi connectivity index (χ3n) is 3.56. The first kappa shape index (κ1) is 15.3. The molecule has 1 aliphatic rings. The Labute approximate surface area is 128 Å². The fraction of sp³-hybridized carbons (Fsp3) is 0.533. The predicted octanol–water partition coefficient (Wildman–Crippen LogP) is 2.33. The molecule has 0 aromatic heterocycles. The molecule has 0 radical (unpaired) electrons. The highest BCUT2D eigenvalue weighted by atomic mass is 79.9. The number of benzene rings is 1. The lowest BCUT2D eigenvalue weighted by molar-refractivity contribution is -0.122. The first-order valence-corrected chi connectivity index (χ1v) is 7.83. The number of hydrogen-bond acceptors (Lipinski definition) is 3. The molecule has 1 fully saturated rings. The van der Waals surface area contributed by atoms with Gasteiger partial charge in [-0.1, -0.05) is 19.1 Å². The van der Waals surface area contributed by atoms with E-state index in [-0.39, 0.29) is 11.9 Å². The number of ether oxygens (including phenoxy) is 1. The summed E-state index contributed by atoms with van der Waals surface area (Å²) in [6.45, 7) is 4.50. The molecule has 1 aromatic rings. The van der Waals surface area contributed by atoms with Gasteiger partial charge in [-0.25, -0.2) is 0 Å². The van der Waals surface area contributed by atoms with Crippen molar-refractivity contribution in [2.75, 3.05) is 19.7 Å². The number of amides is 1. The molecule has 2 unspecified atom stereocenters. The van der Waals surface area contributed by atoms with Crippen LogP contribution in [0, 0.1) is 5.92 Å². The maximum Gasteiger partial charge on any atom is 0.223 e. The molecule has 0 spiro atoms.